The quantitative estimate of drug-likeness (QED) is 0.757. The molecule has 0 rings (SSSR count). The summed E-state index contributed by atoms with van der Waals surface area (Å²) in [6.07, 6.45) is -1.93. The number of carboxylic acids is 1. The molecule has 0 bridgehead atoms. The Labute approximate surface area is 124 Å². The third kappa shape index (κ3) is 8.01. The van der Waals surface area contributed by atoms with Gasteiger partial charge in [-0.25, -0.2) is 24.8 Å². The van der Waals surface area contributed by atoms with Crippen molar-refractivity contribution in [1.82, 2.24) is 10.4 Å². The van der Waals surface area contributed by atoms with Gasteiger partial charge in [-0.05, 0) is 48.5 Å². The topological polar surface area (TPSA) is 105 Å². The minimum atomic E-state index is -1.31. The summed E-state index contributed by atoms with van der Waals surface area (Å²) in [6.45, 7) is 11.1. The molecule has 0 radical (unpaired) electrons. The highest BCUT2D eigenvalue weighted by molar-refractivity contribution is 5.81. The molecule has 2 N–H and O–H groups in total. The number of hydrazine groups is 1. The van der Waals surface area contributed by atoms with Gasteiger partial charge < -0.3 is 14.6 Å². The SMILES string of the molecule is C[C@H](C(=O)O)N(NC(=O)OC(C)(C)C)C(=O)OC(C)(C)C. The molecule has 0 heterocycles. The molecule has 0 aromatic heterocycles. The van der Waals surface area contributed by atoms with Gasteiger partial charge in [-0.2, -0.15) is 0 Å². The molecule has 0 aliphatic rings. The molecular formula is C13H24N2O6. The van der Waals surface area contributed by atoms with Crippen molar-refractivity contribution in [3.05, 3.63) is 0 Å². The number of amides is 2. The van der Waals surface area contributed by atoms with Gasteiger partial charge in [0.1, 0.15) is 11.2 Å². The van der Waals surface area contributed by atoms with Crippen LogP contribution in [0.25, 0.3) is 0 Å². The van der Waals surface area contributed by atoms with Crippen molar-refractivity contribution in [3.63, 3.8) is 0 Å². The number of nitrogens with zero attached hydrogens (tertiary/aromatic N) is 1. The second-order valence-electron chi connectivity index (χ2n) is 6.48. The molecule has 1 atom stereocenters. The Hall–Kier alpha value is -1.99. The van der Waals surface area contributed by atoms with Gasteiger partial charge in [0.25, 0.3) is 0 Å². The average molecular weight is 304 g/mol. The number of aliphatic carboxylic acids is 1. The van der Waals surface area contributed by atoms with E-state index in [2.05, 4.69) is 5.43 Å². The van der Waals surface area contributed by atoms with E-state index in [0.29, 0.717) is 5.01 Å². The smallest absolute Gasteiger partial charge is 0.430 e. The first-order valence-corrected chi connectivity index (χ1v) is 6.47. The monoisotopic (exact) mass is 304 g/mol. The lowest BCUT2D eigenvalue weighted by atomic mass is 10.2. The third-order valence-electron chi connectivity index (χ3n) is 1.95. The largest absolute Gasteiger partial charge is 0.480 e. The summed E-state index contributed by atoms with van der Waals surface area (Å²) in [4.78, 5) is 34.7. The molecule has 0 aromatic carbocycles. The first-order valence-electron chi connectivity index (χ1n) is 6.47. The summed E-state index contributed by atoms with van der Waals surface area (Å²) in [7, 11) is 0. The van der Waals surface area contributed by atoms with Gasteiger partial charge in [-0.15, -0.1) is 0 Å². The van der Waals surface area contributed by atoms with Crippen LogP contribution in [-0.4, -0.2) is 45.5 Å². The Bertz CT molecular complexity index is 408. The maximum absolute atomic E-state index is 12.0. The normalized spacial score (nSPS) is 13.1. The van der Waals surface area contributed by atoms with Crippen molar-refractivity contribution >= 4 is 18.2 Å². The highest BCUT2D eigenvalue weighted by atomic mass is 16.6. The Morgan fingerprint density at radius 1 is 1.00 bits per heavy atom. The van der Waals surface area contributed by atoms with E-state index in [4.69, 9.17) is 14.6 Å². The van der Waals surface area contributed by atoms with E-state index >= 15 is 0 Å². The predicted molar refractivity (Wildman–Crippen MR) is 74.5 cm³/mol. The summed E-state index contributed by atoms with van der Waals surface area (Å²) >= 11 is 0. The van der Waals surface area contributed by atoms with Crippen LogP contribution in [-0.2, 0) is 14.3 Å². The maximum atomic E-state index is 12.0. The molecule has 0 saturated carbocycles. The minimum absolute atomic E-state index is 0.585. The zero-order chi connectivity index (χ0) is 17.0. The number of nitrogens with one attached hydrogen (secondary N) is 1. The first-order chi connectivity index (χ1) is 9.23. The third-order valence-corrected chi connectivity index (χ3v) is 1.95. The standard InChI is InChI=1S/C13H24N2O6/c1-8(9(16)17)15(11(19)21-13(5,6)7)14-10(18)20-12(2,3)4/h8H,1-7H3,(H,14,18)(H,16,17)/t8-/m1/s1. The predicted octanol–water partition coefficient (Wildman–Crippen LogP) is 2.14. The minimum Gasteiger partial charge on any atom is -0.480 e. The molecule has 8 heteroatoms. The Kier molecular flexibility index (Phi) is 6.01. The van der Waals surface area contributed by atoms with Crippen LogP contribution >= 0.6 is 0 Å². The molecule has 2 amide bonds. The molecule has 0 fully saturated rings. The summed E-state index contributed by atoms with van der Waals surface area (Å²) in [5.74, 6) is -1.29. The number of carboxylic acid groups (broad SMARTS) is 1. The number of hydrogen-bond donors (Lipinski definition) is 2. The van der Waals surface area contributed by atoms with Gasteiger partial charge in [0.15, 0.2) is 6.04 Å². The zero-order valence-electron chi connectivity index (χ0n) is 13.5. The highest BCUT2D eigenvalue weighted by Gasteiger charge is 2.32. The van der Waals surface area contributed by atoms with Crippen molar-refractivity contribution in [3.8, 4) is 0 Å². The molecule has 0 aromatic rings. The van der Waals surface area contributed by atoms with E-state index in [1.54, 1.807) is 41.5 Å². The van der Waals surface area contributed by atoms with Crippen LogP contribution in [0.1, 0.15) is 48.5 Å². The molecule has 21 heavy (non-hydrogen) atoms. The van der Waals surface area contributed by atoms with Crippen molar-refractivity contribution in [1.29, 1.82) is 0 Å². The Balaban J connectivity index is 5.04. The van der Waals surface area contributed by atoms with Crippen LogP contribution in [0.5, 0.6) is 0 Å². The second kappa shape index (κ2) is 6.64. The molecule has 8 nitrogen and oxygen atoms in total. The number of carbonyl (C=O) groups excluding carboxylic acids is 2. The number of carbonyl (C=O) groups is 3. The zero-order valence-corrected chi connectivity index (χ0v) is 13.5. The van der Waals surface area contributed by atoms with Crippen LogP contribution in [0.3, 0.4) is 0 Å². The van der Waals surface area contributed by atoms with Gasteiger partial charge in [-0.3, -0.25) is 0 Å². The summed E-state index contributed by atoms with van der Waals surface area (Å²) in [6, 6.07) is -1.31. The average Bonchev–Trinajstić information content (AvgIpc) is 2.19. The van der Waals surface area contributed by atoms with Gasteiger partial charge in [-0.1, -0.05) is 0 Å². The molecule has 122 valence electrons. The fourth-order valence-corrected chi connectivity index (χ4v) is 1.12. The fraction of sp³-hybridized carbons (Fsp3) is 0.769. The molecule has 0 saturated heterocycles. The van der Waals surface area contributed by atoms with E-state index in [1.807, 2.05) is 0 Å². The van der Waals surface area contributed by atoms with Crippen LogP contribution in [0, 0.1) is 0 Å². The number of hydrogen-bond acceptors (Lipinski definition) is 5. The van der Waals surface area contributed by atoms with E-state index in [-0.39, 0.29) is 0 Å². The fourth-order valence-electron chi connectivity index (χ4n) is 1.12. The molecule has 0 aliphatic carbocycles. The van der Waals surface area contributed by atoms with Gasteiger partial charge >= 0.3 is 18.2 Å². The van der Waals surface area contributed by atoms with E-state index < -0.39 is 35.4 Å². The van der Waals surface area contributed by atoms with Crippen LogP contribution in [0.4, 0.5) is 9.59 Å². The summed E-state index contributed by atoms with van der Waals surface area (Å²) in [5.41, 5.74) is 0.482. The van der Waals surface area contributed by atoms with E-state index in [9.17, 15) is 14.4 Å². The number of ether oxygens (including phenoxy) is 2. The lowest BCUT2D eigenvalue weighted by Crippen LogP contribution is -2.55. The van der Waals surface area contributed by atoms with Gasteiger partial charge in [0.05, 0.1) is 0 Å². The molecule has 0 spiro atoms. The van der Waals surface area contributed by atoms with Gasteiger partial charge in [0.2, 0.25) is 0 Å². The molecular weight excluding hydrogens is 280 g/mol. The van der Waals surface area contributed by atoms with Gasteiger partial charge in [0, 0.05) is 0 Å². The highest BCUT2D eigenvalue weighted by Crippen LogP contribution is 2.12. The summed E-state index contributed by atoms with van der Waals surface area (Å²) in [5, 5.41) is 9.59. The van der Waals surface area contributed by atoms with Crippen molar-refractivity contribution in [2.75, 3.05) is 0 Å². The molecule has 0 unspecified atom stereocenters. The van der Waals surface area contributed by atoms with E-state index in [0.717, 1.165) is 0 Å². The van der Waals surface area contributed by atoms with Crippen LogP contribution in [0.2, 0.25) is 0 Å². The van der Waals surface area contributed by atoms with Crippen LogP contribution in [0.15, 0.2) is 0 Å². The lowest BCUT2D eigenvalue weighted by Gasteiger charge is -2.30. The summed E-state index contributed by atoms with van der Waals surface area (Å²) < 4.78 is 10.0. The molecule has 0 aliphatic heterocycles. The maximum Gasteiger partial charge on any atom is 0.430 e. The van der Waals surface area contributed by atoms with Crippen molar-refractivity contribution < 1.29 is 29.0 Å². The Morgan fingerprint density at radius 2 is 1.43 bits per heavy atom. The van der Waals surface area contributed by atoms with Crippen LogP contribution < -0.4 is 5.43 Å². The number of rotatable bonds is 2. The van der Waals surface area contributed by atoms with Crippen molar-refractivity contribution in [2.24, 2.45) is 0 Å². The lowest BCUT2D eigenvalue weighted by molar-refractivity contribution is -0.143. The van der Waals surface area contributed by atoms with Crippen molar-refractivity contribution in [2.45, 2.75) is 65.7 Å². The Morgan fingerprint density at radius 3 is 1.76 bits per heavy atom. The second-order valence-corrected chi connectivity index (χ2v) is 6.48. The van der Waals surface area contributed by atoms with E-state index in [1.165, 1.54) is 6.92 Å². The first kappa shape index (κ1) is 19.0.